The van der Waals surface area contributed by atoms with Crippen molar-refractivity contribution in [2.75, 3.05) is 11.9 Å². The van der Waals surface area contributed by atoms with Gasteiger partial charge < -0.3 is 8.86 Å². The van der Waals surface area contributed by atoms with Crippen LogP contribution in [0.15, 0.2) is 78.0 Å². The fourth-order valence-corrected chi connectivity index (χ4v) is 5.98. The van der Waals surface area contributed by atoms with Crippen LogP contribution in [0.2, 0.25) is 0 Å². The van der Waals surface area contributed by atoms with Crippen LogP contribution in [0.4, 0.5) is 42.5 Å². The topological polar surface area (TPSA) is 154 Å². The monoisotopic (exact) mass is 766 g/mol. The average molecular weight is 767 g/mol. The third kappa shape index (κ3) is 15.6. The third-order valence-corrected chi connectivity index (χ3v) is 9.56. The molecule has 1 N–H and O–H groups in total. The van der Waals surface area contributed by atoms with Gasteiger partial charge >= 0.3 is 17.1 Å². The molecular weight excluding hydrogens is 730 g/mol. The van der Waals surface area contributed by atoms with Crippen molar-refractivity contribution < 1.29 is 62.1 Å². The van der Waals surface area contributed by atoms with E-state index in [2.05, 4.69) is 40.1 Å². The molecule has 0 aliphatic carbocycles. The number of hydrogen-bond acceptors (Lipinski definition) is 8. The number of ether oxygens (including phenoxy) is 1. The second-order valence-electron chi connectivity index (χ2n) is 10.9. The fraction of sp³-hybridized carbons (Fsp3) is 0.406. The highest BCUT2D eigenvalue weighted by atomic mass is 32.3. The molecule has 3 rings (SSSR count). The van der Waals surface area contributed by atoms with E-state index < -0.39 is 37.2 Å². The Hall–Kier alpha value is -4.32. The van der Waals surface area contributed by atoms with Crippen molar-refractivity contribution in [2.45, 2.75) is 75.9 Å². The highest BCUT2D eigenvalue weighted by Gasteiger charge is 2.47. The van der Waals surface area contributed by atoms with Gasteiger partial charge in [0.2, 0.25) is 6.08 Å². The molecule has 19 heteroatoms. The molecule has 0 atom stereocenters. The number of nitrogens with zero attached hydrogens (tertiary/aromatic N) is 3. The molecule has 0 unspecified atom stereocenters. The zero-order chi connectivity index (χ0) is 38.1. The molecule has 11 nitrogen and oxygen atoms in total. The molecule has 0 aliphatic rings. The number of aryl methyl sites for hydroxylation is 1. The summed E-state index contributed by atoms with van der Waals surface area (Å²) in [4.78, 5) is 26.1. The van der Waals surface area contributed by atoms with E-state index in [1.54, 1.807) is 18.2 Å². The number of rotatable bonds is 16. The minimum absolute atomic E-state index is 0.305. The maximum atomic E-state index is 12.2. The molecule has 0 spiro atoms. The first-order chi connectivity index (χ1) is 23.9. The van der Waals surface area contributed by atoms with Crippen molar-refractivity contribution >= 4 is 43.6 Å². The zero-order valence-corrected chi connectivity index (χ0v) is 28.9. The summed E-state index contributed by atoms with van der Waals surface area (Å²) in [7, 11) is -13.4. The molecule has 0 bridgehead atoms. The SMILES string of the molecule is CCCCCCCCc1ccc[n+](CCOC(=O)Nc2ccc(Cc3ccc(N=C=O)cc3)cc2)c1.O=S(=O)([N-]S(=O)(=O)C(F)(F)F)C(F)(F)F. The lowest BCUT2D eigenvalue weighted by atomic mass is 10.0. The standard InChI is InChI=1S/C30H35N3O3.C2F6NO4S2/c1-2-3-4-5-6-7-9-27-10-8-19-33(23-27)20-21-36-30(35)32-29-17-13-26(14-18-29)22-25-11-15-28(16-12-25)31-24-34;3-1(4,5)14(10,11)9-15(12,13)2(6,7)8/h8,10-19,23H,2-7,9,20-22H2,1H3;/q;-1/p+1. The van der Waals surface area contributed by atoms with Crippen molar-refractivity contribution in [3.05, 3.63) is 93.9 Å². The van der Waals surface area contributed by atoms with Gasteiger partial charge in [-0.25, -0.2) is 31.0 Å². The van der Waals surface area contributed by atoms with Crippen molar-refractivity contribution in [3.63, 3.8) is 0 Å². The highest BCUT2D eigenvalue weighted by molar-refractivity contribution is 8.13. The molecule has 51 heavy (non-hydrogen) atoms. The number of hydrogen-bond donors (Lipinski definition) is 1. The van der Waals surface area contributed by atoms with Crippen LogP contribution in [0.1, 0.15) is 62.1 Å². The van der Waals surface area contributed by atoms with E-state index in [1.165, 1.54) is 44.1 Å². The van der Waals surface area contributed by atoms with Crippen LogP contribution in [-0.4, -0.2) is 46.6 Å². The summed E-state index contributed by atoms with van der Waals surface area (Å²) in [6.07, 6.45) is 14.8. The summed E-state index contributed by atoms with van der Waals surface area (Å²) in [5.74, 6) is 0. The van der Waals surface area contributed by atoms with E-state index in [0.29, 0.717) is 24.5 Å². The number of nitrogens with one attached hydrogen (secondary N) is 1. The zero-order valence-electron chi connectivity index (χ0n) is 27.3. The lowest BCUT2D eigenvalue weighted by molar-refractivity contribution is -0.698. The maximum absolute atomic E-state index is 12.2. The summed E-state index contributed by atoms with van der Waals surface area (Å²) in [5, 5.41) is 2.78. The quantitative estimate of drug-likeness (QED) is 0.0514. The van der Waals surface area contributed by atoms with Gasteiger partial charge in [0, 0.05) is 17.3 Å². The normalized spacial score (nSPS) is 11.9. The number of benzene rings is 2. The van der Waals surface area contributed by atoms with Crippen molar-refractivity contribution in [1.82, 2.24) is 0 Å². The lowest BCUT2D eigenvalue weighted by Gasteiger charge is -2.22. The minimum atomic E-state index is -6.72. The Labute approximate surface area is 291 Å². The van der Waals surface area contributed by atoms with Crippen molar-refractivity contribution in [2.24, 2.45) is 4.99 Å². The smallest absolute Gasteiger partial charge is 0.443 e. The largest absolute Gasteiger partial charge is 0.480 e. The second kappa shape index (κ2) is 19.9. The van der Waals surface area contributed by atoms with Gasteiger partial charge in [-0.15, -0.1) is 0 Å². The van der Waals surface area contributed by atoms with Gasteiger partial charge in [0.05, 0.1) is 5.69 Å². The minimum Gasteiger partial charge on any atom is -0.443 e. The molecule has 0 fully saturated rings. The van der Waals surface area contributed by atoms with E-state index in [-0.39, 0.29) is 0 Å². The number of amides is 1. The van der Waals surface area contributed by atoms with Gasteiger partial charge in [-0.2, -0.15) is 31.3 Å². The molecule has 0 aliphatic heterocycles. The molecule has 3 aromatic rings. The molecule has 1 aromatic heterocycles. The number of anilines is 1. The molecule has 0 radical (unpaired) electrons. The second-order valence-corrected chi connectivity index (χ2v) is 14.3. The van der Waals surface area contributed by atoms with Crippen LogP contribution in [0.25, 0.3) is 4.13 Å². The van der Waals surface area contributed by atoms with Crippen LogP contribution < -0.4 is 9.88 Å². The maximum Gasteiger partial charge on any atom is 0.480 e. The number of aliphatic imine (C=N–C) groups is 1. The number of sulfonamides is 2. The molecule has 0 saturated heterocycles. The average Bonchev–Trinajstić information content (AvgIpc) is 3.04. The third-order valence-electron chi connectivity index (χ3n) is 6.82. The predicted molar refractivity (Wildman–Crippen MR) is 175 cm³/mol. The van der Waals surface area contributed by atoms with Crippen LogP contribution in [0.3, 0.4) is 0 Å². The first kappa shape index (κ1) is 42.8. The summed E-state index contributed by atoms with van der Waals surface area (Å²) >= 11 is 0. The van der Waals surface area contributed by atoms with Gasteiger partial charge in [-0.05, 0) is 60.7 Å². The summed E-state index contributed by atoms with van der Waals surface area (Å²) in [6.45, 7) is 3.17. The highest BCUT2D eigenvalue weighted by Crippen LogP contribution is 2.36. The molecule has 0 saturated carbocycles. The Morgan fingerprint density at radius 3 is 1.92 bits per heavy atom. The van der Waals surface area contributed by atoms with Gasteiger partial charge in [-0.1, -0.05) is 63.3 Å². The number of isocyanates is 1. The summed E-state index contributed by atoms with van der Waals surface area (Å²) < 4.78 is 117. The lowest BCUT2D eigenvalue weighted by Crippen LogP contribution is -2.36. The number of halogens is 6. The van der Waals surface area contributed by atoms with Crippen LogP contribution in [0.5, 0.6) is 0 Å². The Balaban J connectivity index is 0.000000507. The van der Waals surface area contributed by atoms with E-state index in [0.717, 1.165) is 28.1 Å². The molecular formula is C32H36F6N4O7S2. The Kier molecular flexibility index (Phi) is 16.7. The molecule has 2 aromatic carbocycles. The van der Waals surface area contributed by atoms with Crippen molar-refractivity contribution in [3.8, 4) is 0 Å². The van der Waals surface area contributed by atoms with Gasteiger partial charge in [0.15, 0.2) is 45.6 Å². The number of alkyl halides is 6. The van der Waals surface area contributed by atoms with Crippen LogP contribution in [0, 0.1) is 0 Å². The van der Waals surface area contributed by atoms with Gasteiger partial charge in [-0.3, -0.25) is 5.32 Å². The summed E-state index contributed by atoms with van der Waals surface area (Å²) in [5.41, 5.74) is -7.59. The summed E-state index contributed by atoms with van der Waals surface area (Å²) in [6, 6.07) is 19.3. The fourth-order valence-electron chi connectivity index (χ4n) is 4.27. The number of carbonyl (C=O) groups is 1. The molecule has 1 amide bonds. The Morgan fingerprint density at radius 2 is 1.37 bits per heavy atom. The number of unbranched alkanes of at least 4 members (excludes halogenated alkanes) is 5. The van der Waals surface area contributed by atoms with Crippen LogP contribution >= 0.6 is 0 Å². The van der Waals surface area contributed by atoms with E-state index >= 15 is 0 Å². The number of pyridine rings is 1. The first-order valence-corrected chi connectivity index (χ1v) is 18.3. The van der Waals surface area contributed by atoms with Crippen LogP contribution in [-0.2, 0) is 49.0 Å². The first-order valence-electron chi connectivity index (χ1n) is 15.4. The predicted octanol–water partition coefficient (Wildman–Crippen LogP) is 7.74. The van der Waals surface area contributed by atoms with E-state index in [9.17, 15) is 52.8 Å². The molecule has 280 valence electrons. The Bertz CT molecular complexity index is 1770. The molecule has 1 heterocycles. The van der Waals surface area contributed by atoms with E-state index in [1.807, 2.05) is 42.6 Å². The van der Waals surface area contributed by atoms with E-state index in [4.69, 9.17) is 4.74 Å². The number of carbonyl (C=O) groups excluding carboxylic acids is 2. The Morgan fingerprint density at radius 1 is 0.824 bits per heavy atom. The number of aromatic nitrogens is 1. The van der Waals surface area contributed by atoms with Crippen molar-refractivity contribution in [1.29, 1.82) is 0 Å². The van der Waals surface area contributed by atoms with Gasteiger partial charge in [0.1, 0.15) is 0 Å². The van der Waals surface area contributed by atoms with Gasteiger partial charge in [0.25, 0.3) is 0 Å².